The lowest BCUT2D eigenvalue weighted by atomic mass is 10.3. The zero-order chi connectivity index (χ0) is 13.7. The fourth-order valence-corrected chi connectivity index (χ4v) is 1.98. The maximum absolute atomic E-state index is 12.1. The summed E-state index contributed by atoms with van der Waals surface area (Å²) in [6, 6.07) is 3.28. The Morgan fingerprint density at radius 2 is 2.42 bits per heavy atom. The van der Waals surface area contributed by atoms with Crippen molar-refractivity contribution in [3.05, 3.63) is 29.2 Å². The highest BCUT2D eigenvalue weighted by Crippen LogP contribution is 2.16. The van der Waals surface area contributed by atoms with Crippen LogP contribution in [-0.4, -0.2) is 28.9 Å². The molecule has 0 spiro atoms. The van der Waals surface area contributed by atoms with Crippen molar-refractivity contribution < 1.29 is 14.0 Å². The summed E-state index contributed by atoms with van der Waals surface area (Å²) in [6.45, 7) is 1.97. The third kappa shape index (κ3) is 3.16. The second kappa shape index (κ2) is 6.10. The minimum absolute atomic E-state index is 0.0424. The molecule has 2 aromatic rings. The number of amides is 1. The van der Waals surface area contributed by atoms with Crippen LogP contribution in [0, 0.1) is 0 Å². The van der Waals surface area contributed by atoms with Crippen LogP contribution in [0.5, 0.6) is 0 Å². The van der Waals surface area contributed by atoms with E-state index in [0.29, 0.717) is 10.9 Å². The zero-order valence-corrected chi connectivity index (χ0v) is 11.2. The van der Waals surface area contributed by atoms with Crippen LogP contribution in [0.3, 0.4) is 0 Å². The number of anilines is 1. The molecule has 0 bridgehead atoms. The topological polar surface area (TPSA) is 89.6 Å². The van der Waals surface area contributed by atoms with Gasteiger partial charge in [0.25, 0.3) is 5.91 Å². The molecule has 0 saturated carbocycles. The van der Waals surface area contributed by atoms with E-state index in [4.69, 9.17) is 4.42 Å². The molecular weight excluding hydrogens is 268 g/mol. The molecule has 1 amide bonds. The lowest BCUT2D eigenvalue weighted by Gasteiger charge is -2.01. The van der Waals surface area contributed by atoms with Crippen LogP contribution in [0.4, 0.5) is 5.13 Å². The summed E-state index contributed by atoms with van der Waals surface area (Å²) in [7, 11) is 1.36. The molecule has 100 valence electrons. The Bertz CT molecular complexity index is 577. The molecule has 0 saturated heterocycles. The van der Waals surface area contributed by atoms with Gasteiger partial charge in [-0.1, -0.05) is 23.4 Å². The summed E-state index contributed by atoms with van der Waals surface area (Å²) >= 11 is 1.31. The fraction of sp³-hybridized carbons (Fsp3) is 0.273. The van der Waals surface area contributed by atoms with E-state index in [-0.39, 0.29) is 5.71 Å². The third-order valence-corrected chi connectivity index (χ3v) is 3.12. The highest BCUT2D eigenvalue weighted by Gasteiger charge is 2.19. The number of nitrogens with one attached hydrogen (secondary N) is 1. The highest BCUT2D eigenvalue weighted by molar-refractivity contribution is 7.15. The molecule has 0 aromatic carbocycles. The van der Waals surface area contributed by atoms with Crippen molar-refractivity contribution in [1.82, 2.24) is 10.2 Å². The molecule has 8 heteroatoms. The Balaban J connectivity index is 2.15. The van der Waals surface area contributed by atoms with Crippen LogP contribution in [-0.2, 0) is 16.1 Å². The first-order valence-corrected chi connectivity index (χ1v) is 6.35. The normalized spacial score (nSPS) is 11.4. The van der Waals surface area contributed by atoms with Gasteiger partial charge in [0.05, 0.1) is 6.26 Å². The number of nitrogens with zero attached hydrogens (tertiary/aromatic N) is 3. The molecule has 0 radical (unpaired) electrons. The van der Waals surface area contributed by atoms with E-state index in [9.17, 15) is 4.79 Å². The summed E-state index contributed by atoms with van der Waals surface area (Å²) < 4.78 is 5.13. The van der Waals surface area contributed by atoms with Gasteiger partial charge in [0.15, 0.2) is 5.76 Å². The summed E-state index contributed by atoms with van der Waals surface area (Å²) in [5.41, 5.74) is 0.0424. The monoisotopic (exact) mass is 280 g/mol. The fourth-order valence-electron chi connectivity index (χ4n) is 1.31. The summed E-state index contributed by atoms with van der Waals surface area (Å²) in [5.74, 6) is -0.143. The van der Waals surface area contributed by atoms with Crippen LogP contribution < -0.4 is 5.32 Å². The molecule has 0 aliphatic heterocycles. The van der Waals surface area contributed by atoms with Crippen molar-refractivity contribution in [3.8, 4) is 0 Å². The third-order valence-electron chi connectivity index (χ3n) is 2.14. The van der Waals surface area contributed by atoms with Crippen molar-refractivity contribution in [2.24, 2.45) is 5.16 Å². The smallest absolute Gasteiger partial charge is 0.283 e. The number of oxime groups is 1. The predicted molar refractivity (Wildman–Crippen MR) is 70.2 cm³/mol. The molecule has 0 aliphatic carbocycles. The molecule has 2 heterocycles. The first-order chi connectivity index (χ1) is 9.24. The van der Waals surface area contributed by atoms with E-state index in [1.165, 1.54) is 24.7 Å². The number of aromatic nitrogens is 2. The van der Waals surface area contributed by atoms with E-state index < -0.39 is 5.91 Å². The van der Waals surface area contributed by atoms with Crippen LogP contribution in [0.15, 0.2) is 28.0 Å². The SMILES string of the molecule is CCc1nnc(NC(=O)/C(=N/OC)c2ccco2)s1. The Morgan fingerprint density at radius 1 is 1.58 bits per heavy atom. The average Bonchev–Trinajstić information content (AvgIpc) is 3.06. The van der Waals surface area contributed by atoms with Crippen molar-refractivity contribution in [2.75, 3.05) is 12.4 Å². The maximum atomic E-state index is 12.1. The van der Waals surface area contributed by atoms with Crippen LogP contribution >= 0.6 is 11.3 Å². The van der Waals surface area contributed by atoms with Gasteiger partial charge in [-0.25, -0.2) is 0 Å². The minimum atomic E-state index is -0.462. The number of carbonyl (C=O) groups is 1. The number of furan rings is 1. The van der Waals surface area contributed by atoms with Gasteiger partial charge < -0.3 is 9.25 Å². The van der Waals surface area contributed by atoms with E-state index >= 15 is 0 Å². The second-order valence-electron chi connectivity index (χ2n) is 3.41. The first-order valence-electron chi connectivity index (χ1n) is 5.53. The summed E-state index contributed by atoms with van der Waals surface area (Å²) in [6.07, 6.45) is 2.22. The van der Waals surface area contributed by atoms with E-state index in [1.54, 1.807) is 12.1 Å². The predicted octanol–water partition coefficient (Wildman–Crippen LogP) is 1.68. The standard InChI is InChI=1S/C11H12N4O3S/c1-3-8-13-14-11(19-8)12-10(16)9(15-17-2)7-5-4-6-18-7/h4-6H,3H2,1-2H3,(H,12,14,16)/b15-9+. The van der Waals surface area contributed by atoms with Crippen LogP contribution in [0.25, 0.3) is 0 Å². The van der Waals surface area contributed by atoms with Gasteiger partial charge in [0.2, 0.25) is 10.8 Å². The molecule has 1 N–H and O–H groups in total. The number of hydrogen-bond donors (Lipinski definition) is 1. The van der Waals surface area contributed by atoms with Gasteiger partial charge in [-0.3, -0.25) is 10.1 Å². The minimum Gasteiger partial charge on any atom is -0.462 e. The number of rotatable bonds is 5. The number of aryl methyl sites for hydroxylation is 1. The van der Waals surface area contributed by atoms with Gasteiger partial charge in [-0.05, 0) is 18.6 Å². The average molecular weight is 280 g/mol. The summed E-state index contributed by atoms with van der Waals surface area (Å²) in [5, 5.41) is 15.3. The second-order valence-corrected chi connectivity index (χ2v) is 4.47. The van der Waals surface area contributed by atoms with Crippen LogP contribution in [0.2, 0.25) is 0 Å². The van der Waals surface area contributed by atoms with Gasteiger partial charge in [0.1, 0.15) is 12.1 Å². The lowest BCUT2D eigenvalue weighted by molar-refractivity contribution is -0.110. The number of carbonyl (C=O) groups excluding carboxylic acids is 1. The van der Waals surface area contributed by atoms with E-state index in [1.807, 2.05) is 6.92 Å². The lowest BCUT2D eigenvalue weighted by Crippen LogP contribution is -2.23. The van der Waals surface area contributed by atoms with Crippen LogP contribution in [0.1, 0.15) is 17.7 Å². The molecule has 0 fully saturated rings. The van der Waals surface area contributed by atoms with Gasteiger partial charge >= 0.3 is 0 Å². The molecule has 7 nitrogen and oxygen atoms in total. The van der Waals surface area contributed by atoms with Gasteiger partial charge in [-0.2, -0.15) is 0 Å². The molecule has 2 aromatic heterocycles. The van der Waals surface area contributed by atoms with Gasteiger partial charge in [-0.15, -0.1) is 10.2 Å². The van der Waals surface area contributed by atoms with E-state index in [0.717, 1.165) is 11.4 Å². The molecule has 0 aliphatic rings. The number of hydrogen-bond acceptors (Lipinski definition) is 7. The van der Waals surface area contributed by atoms with Crippen molar-refractivity contribution in [2.45, 2.75) is 13.3 Å². The van der Waals surface area contributed by atoms with Crippen molar-refractivity contribution >= 4 is 28.1 Å². The molecule has 0 atom stereocenters. The Labute approximate surface area is 113 Å². The molecule has 0 unspecified atom stereocenters. The highest BCUT2D eigenvalue weighted by atomic mass is 32.1. The summed E-state index contributed by atoms with van der Waals surface area (Å²) in [4.78, 5) is 16.7. The maximum Gasteiger partial charge on any atom is 0.283 e. The largest absolute Gasteiger partial charge is 0.462 e. The Hall–Kier alpha value is -2.22. The van der Waals surface area contributed by atoms with Crippen molar-refractivity contribution in [1.29, 1.82) is 0 Å². The van der Waals surface area contributed by atoms with Gasteiger partial charge in [0, 0.05) is 0 Å². The molecular formula is C11H12N4O3S. The molecule has 19 heavy (non-hydrogen) atoms. The quantitative estimate of drug-likeness (QED) is 0.664. The Kier molecular flexibility index (Phi) is 4.24. The zero-order valence-electron chi connectivity index (χ0n) is 10.4. The first kappa shape index (κ1) is 13.2. The Morgan fingerprint density at radius 3 is 3.00 bits per heavy atom. The van der Waals surface area contributed by atoms with E-state index in [2.05, 4.69) is 25.5 Å². The molecule has 2 rings (SSSR count). The van der Waals surface area contributed by atoms with Crippen molar-refractivity contribution in [3.63, 3.8) is 0 Å².